The molecule has 4 N–H and O–H groups in total. The van der Waals surface area contributed by atoms with Crippen LogP contribution in [0.3, 0.4) is 0 Å². The van der Waals surface area contributed by atoms with Gasteiger partial charge in [0.1, 0.15) is 65.9 Å². The van der Waals surface area contributed by atoms with E-state index < -0.39 is 75.4 Å². The Kier molecular flexibility index (Phi) is 16.1. The number of ether oxygens (including phenoxy) is 5. The van der Waals surface area contributed by atoms with Crippen molar-refractivity contribution in [1.29, 1.82) is 0 Å². The van der Waals surface area contributed by atoms with Crippen LogP contribution in [0, 0.1) is 0 Å². The third-order valence-corrected chi connectivity index (χ3v) is 18.9. The maximum absolute atomic E-state index is 14.1. The summed E-state index contributed by atoms with van der Waals surface area (Å²) in [6.45, 7) is 1.68. The van der Waals surface area contributed by atoms with Crippen LogP contribution in [0.1, 0.15) is 83.6 Å². The van der Waals surface area contributed by atoms with E-state index in [1.807, 2.05) is 48.3 Å². The molecule has 6 atom stereocenters. The van der Waals surface area contributed by atoms with Gasteiger partial charge in [0, 0.05) is 65.0 Å². The Morgan fingerprint density at radius 3 is 2.34 bits per heavy atom. The van der Waals surface area contributed by atoms with E-state index in [4.69, 9.17) is 74.6 Å². The summed E-state index contributed by atoms with van der Waals surface area (Å²) < 4.78 is 66.9. The Bertz CT molecular complexity index is 3690. The van der Waals surface area contributed by atoms with Gasteiger partial charge in [0.2, 0.25) is 0 Å². The van der Waals surface area contributed by atoms with Crippen LogP contribution in [0.5, 0.6) is 23.0 Å². The molecule has 0 saturated carbocycles. The lowest BCUT2D eigenvalue weighted by atomic mass is 9.76. The number of urea groups is 1. The summed E-state index contributed by atoms with van der Waals surface area (Å²) in [5.74, 6) is -2.45. The molecular formula is C56H50Cl4N5O16S2+. The highest BCUT2D eigenvalue weighted by Crippen LogP contribution is 2.62. The molecule has 2 bridgehead atoms. The highest BCUT2D eigenvalue weighted by Gasteiger charge is 2.59. The van der Waals surface area contributed by atoms with Gasteiger partial charge in [-0.25, -0.2) is 24.1 Å². The number of nitrogens with one attached hydrogen (secondary N) is 2. The molecule has 0 aliphatic carbocycles. The quantitative estimate of drug-likeness (QED) is 0.0121. The zero-order valence-electron chi connectivity index (χ0n) is 44.0. The van der Waals surface area contributed by atoms with Gasteiger partial charge in [0.15, 0.2) is 11.6 Å². The summed E-state index contributed by atoms with van der Waals surface area (Å²) >= 11 is 28.3. The number of rotatable bonds is 18. The molecule has 5 aromatic carbocycles. The van der Waals surface area contributed by atoms with E-state index in [2.05, 4.69) is 16.5 Å². The van der Waals surface area contributed by atoms with Gasteiger partial charge in [0.25, 0.3) is 11.8 Å². The van der Waals surface area contributed by atoms with Crippen LogP contribution < -0.4 is 29.3 Å². The number of thioether (sulfide) groups is 1. The first-order valence-corrected chi connectivity index (χ1v) is 30.1. The number of carboxylic acid groups (broad SMARTS) is 1. The number of hydroxylamine groups is 2. The molecule has 6 aliphatic heterocycles. The van der Waals surface area contributed by atoms with Crippen LogP contribution in [0.15, 0.2) is 96.2 Å². The summed E-state index contributed by atoms with van der Waals surface area (Å²) in [7, 11) is -3.10. The van der Waals surface area contributed by atoms with Crippen molar-refractivity contribution in [1.82, 2.24) is 15.3 Å². The molecule has 1 spiro atoms. The van der Waals surface area contributed by atoms with Crippen LogP contribution in [0.4, 0.5) is 21.0 Å². The third-order valence-electron chi connectivity index (χ3n) is 15.4. The van der Waals surface area contributed by atoms with Crippen molar-refractivity contribution in [2.75, 3.05) is 30.9 Å². The van der Waals surface area contributed by atoms with E-state index >= 15 is 0 Å². The van der Waals surface area contributed by atoms with Gasteiger partial charge < -0.3 is 39.0 Å². The highest BCUT2D eigenvalue weighted by atomic mass is 35.5. The van der Waals surface area contributed by atoms with Crippen molar-refractivity contribution >= 4 is 116 Å². The summed E-state index contributed by atoms with van der Waals surface area (Å²) in [5, 5.41) is 12.3. The van der Waals surface area contributed by atoms with E-state index in [-0.39, 0.29) is 91.7 Å². The van der Waals surface area contributed by atoms with E-state index in [0.717, 1.165) is 35.5 Å². The van der Waals surface area contributed by atoms with Crippen molar-refractivity contribution in [2.24, 2.45) is 0 Å². The first-order valence-electron chi connectivity index (χ1n) is 26.2. The summed E-state index contributed by atoms with van der Waals surface area (Å²) in [4.78, 5) is 83.4. The number of esters is 1. The van der Waals surface area contributed by atoms with Crippen LogP contribution in [0.25, 0.3) is 0 Å². The molecule has 0 radical (unpaired) electrons. The Morgan fingerprint density at radius 1 is 0.880 bits per heavy atom. The van der Waals surface area contributed by atoms with Crippen molar-refractivity contribution in [3.8, 4) is 23.0 Å². The lowest BCUT2D eigenvalue weighted by Crippen LogP contribution is -3.18. The summed E-state index contributed by atoms with van der Waals surface area (Å²) in [6.07, 6.45) is 3.22. The number of amides is 4. The van der Waals surface area contributed by atoms with Gasteiger partial charge in [0.05, 0.1) is 25.7 Å². The number of quaternary nitrogens is 1. The van der Waals surface area contributed by atoms with Gasteiger partial charge in [-0.1, -0.05) is 103 Å². The second-order valence-electron chi connectivity index (χ2n) is 20.4. The smallest absolute Gasteiger partial charge is 0.489 e. The average Bonchev–Trinajstić information content (AvgIpc) is 1.67. The fourth-order valence-electron chi connectivity index (χ4n) is 11.4. The zero-order chi connectivity index (χ0) is 58.8. The van der Waals surface area contributed by atoms with Crippen molar-refractivity contribution in [3.05, 3.63) is 150 Å². The van der Waals surface area contributed by atoms with Gasteiger partial charge in [-0.05, 0) is 72.9 Å². The number of β-lactam (4-membered cyclic amide) rings is 1. The zero-order valence-corrected chi connectivity index (χ0v) is 48.6. The van der Waals surface area contributed by atoms with Gasteiger partial charge in [-0.15, -0.1) is 21.1 Å². The molecule has 27 heteroatoms. The second-order valence-corrected chi connectivity index (χ2v) is 24.0. The Balaban J connectivity index is 0.779. The van der Waals surface area contributed by atoms with E-state index in [9.17, 15) is 42.3 Å². The maximum atomic E-state index is 14.1. The number of benzene rings is 5. The number of piperidine rings is 1. The molecule has 6 aliphatic rings. The van der Waals surface area contributed by atoms with Crippen LogP contribution >= 0.6 is 58.2 Å². The van der Waals surface area contributed by atoms with Crippen LogP contribution in [0.2, 0.25) is 20.1 Å². The fraction of sp³-hybridized carbons (Fsp3) is 0.321. The molecule has 11 rings (SSSR count). The van der Waals surface area contributed by atoms with E-state index in [1.165, 1.54) is 11.8 Å². The minimum atomic E-state index is -4.99. The number of anilines is 2. The Morgan fingerprint density at radius 2 is 1.61 bits per heavy atom. The summed E-state index contributed by atoms with van der Waals surface area (Å²) in [5.41, 5.74) is 1.89. The average molecular weight is 1250 g/mol. The van der Waals surface area contributed by atoms with Crippen LogP contribution in [-0.4, -0.2) is 113 Å². The molecule has 0 aromatic heterocycles. The minimum absolute atomic E-state index is 0.0274. The second kappa shape index (κ2) is 23.0. The number of carboxylic acids is 1. The monoisotopic (exact) mass is 1250 g/mol. The maximum Gasteiger partial charge on any atom is 0.514 e. The number of hydrogen-bond acceptors (Lipinski definition) is 16. The Hall–Kier alpha value is -6.80. The van der Waals surface area contributed by atoms with Gasteiger partial charge >= 0.3 is 34.5 Å². The van der Waals surface area contributed by atoms with Gasteiger partial charge in [-0.3, -0.25) is 19.0 Å². The van der Waals surface area contributed by atoms with Crippen molar-refractivity contribution in [3.63, 3.8) is 0 Å². The largest absolute Gasteiger partial charge is 0.514 e. The third kappa shape index (κ3) is 10.7. The fourth-order valence-corrected chi connectivity index (χ4v) is 14.1. The molecular weight excluding hydrogens is 1200 g/mol. The molecule has 434 valence electrons. The van der Waals surface area contributed by atoms with E-state index in [1.54, 1.807) is 48.5 Å². The van der Waals surface area contributed by atoms with Gasteiger partial charge in [-0.2, -0.15) is 8.42 Å². The standard InChI is InChI=1S/C56H49Cl4N5O16S2/c1-3-4-5-7-10-29-21-36-40(78-39-22-32(62(2)31-11-8-6-9-12-31)15-19-35(39)56(36)42-41(53(70)80-56)43(57)45(59)46(60)44(42)58)23-38(29)79-55(72)77-25-28-13-17-34(18-14-28)76-26-30-27-82-51-47(50(67)64(51)48(30)52(68)69)61-49(66)37-20-16-33-24-63(37)54(71)65(33)81-83(73,74)75/h6,8-9,11-15,17-19,21-23,33,37,47,51H,3-5,7,10,16,20,24-27H2,1-2H3,(H,61,66)(H,68,69)(H,73,74,75)/p+1/t33-,37?,47+,51+,56?/m0/s1. The number of carbonyl (C=O) groups is 6. The Labute approximate surface area is 499 Å². The molecule has 3 unspecified atom stereocenters. The molecule has 3 saturated heterocycles. The molecule has 5 aromatic rings. The molecule has 6 heterocycles. The highest BCUT2D eigenvalue weighted by molar-refractivity contribution is 8.00. The van der Waals surface area contributed by atoms with Crippen molar-refractivity contribution in [2.45, 2.75) is 87.6 Å². The lowest BCUT2D eigenvalue weighted by molar-refractivity contribution is -0.830. The van der Waals surface area contributed by atoms with Crippen molar-refractivity contribution < 1.29 is 79.7 Å². The predicted octanol–water partition coefficient (Wildman–Crippen LogP) is 9.18. The number of unbranched alkanes of at least 4 members (excludes halogenated alkanes) is 3. The predicted molar refractivity (Wildman–Crippen MR) is 302 cm³/mol. The van der Waals surface area contributed by atoms with Crippen LogP contribution in [-0.2, 0) is 57.2 Å². The number of aliphatic carboxylic acids is 1. The molecule has 21 nitrogen and oxygen atoms in total. The minimum Gasteiger partial charge on any atom is -0.489 e. The summed E-state index contributed by atoms with van der Waals surface area (Å²) in [6, 6.07) is 21.2. The molecule has 83 heavy (non-hydrogen) atoms. The van der Waals surface area contributed by atoms with E-state index in [0.29, 0.717) is 57.2 Å². The lowest BCUT2D eigenvalue weighted by Gasteiger charge is -2.49. The molecule has 4 amide bonds. The number of halogens is 4. The number of nitrogens with zero attached hydrogens (tertiary/aromatic N) is 3. The SMILES string of the molecule is CCCCCCc1cc2c(cc1OC(=O)OCc1ccc(OCC3=C(C(=O)O)N4C(=O)[C@@H](NC(=O)C5CC[C@H]6C[NH+]5C(=O)N6OS(=O)(=O)O)[C@H]4SC3)cc1)Oc1cc(N(C)c3ccccc3)ccc1C21OC(=O)c2c(Cl)c(Cl)c(Cl)c(Cl)c21. The number of hydrogen-bond donors (Lipinski definition) is 4. The first-order chi connectivity index (χ1) is 39.7. The molecule has 3 fully saturated rings. The normalized spacial score (nSPS) is 22.0. The number of carbonyl (C=O) groups excluding carboxylic acids is 5. The first kappa shape index (κ1) is 58.0. The topological polar surface area (TPSA) is 259 Å². The number of fused-ring (bicyclic) bond motifs is 9. The number of aryl methyl sites for hydroxylation is 1. The number of para-hydroxylation sites is 1.